The van der Waals surface area contributed by atoms with Crippen LogP contribution < -0.4 is 15.4 Å². The lowest BCUT2D eigenvalue weighted by Crippen LogP contribution is -2.34. The molecule has 120 valence electrons. The van der Waals surface area contributed by atoms with Crippen LogP contribution in [0.4, 0.5) is 5.69 Å². The summed E-state index contributed by atoms with van der Waals surface area (Å²) in [5.41, 5.74) is 1.17. The van der Waals surface area contributed by atoms with Crippen LogP contribution in [0.1, 0.15) is 24.2 Å². The number of amides is 1. The van der Waals surface area contributed by atoms with Crippen LogP contribution in [0, 0.1) is 0 Å². The van der Waals surface area contributed by atoms with E-state index in [0.717, 1.165) is 5.69 Å². The summed E-state index contributed by atoms with van der Waals surface area (Å²) in [6.07, 6.45) is -0.0249. The summed E-state index contributed by atoms with van der Waals surface area (Å²) in [7, 11) is 0. The molecular weight excluding hydrogens is 332 g/mol. The molecular formula is C17H17ClN2O2S. The van der Waals surface area contributed by atoms with E-state index >= 15 is 0 Å². The molecule has 2 N–H and O–H groups in total. The number of carbonyl (C=O) groups excluding carboxylic acids is 1. The number of anilines is 1. The van der Waals surface area contributed by atoms with Crippen molar-refractivity contribution in [2.45, 2.75) is 20.0 Å². The Labute approximate surface area is 145 Å². The largest absolute Gasteiger partial charge is 0.490 e. The fourth-order valence-electron chi connectivity index (χ4n) is 1.88. The molecule has 23 heavy (non-hydrogen) atoms. The topological polar surface area (TPSA) is 50.4 Å². The van der Waals surface area contributed by atoms with Gasteiger partial charge in [-0.3, -0.25) is 10.1 Å². The Morgan fingerprint density at radius 3 is 2.43 bits per heavy atom. The minimum absolute atomic E-state index is 0.0249. The number of hydrogen-bond acceptors (Lipinski definition) is 3. The van der Waals surface area contributed by atoms with E-state index in [0.29, 0.717) is 16.3 Å². The predicted octanol–water partition coefficient (Wildman–Crippen LogP) is 4.25. The van der Waals surface area contributed by atoms with Crippen LogP contribution in [0.2, 0.25) is 5.02 Å². The van der Waals surface area contributed by atoms with Crippen LogP contribution >= 0.6 is 23.8 Å². The molecule has 0 bridgehead atoms. The van der Waals surface area contributed by atoms with E-state index in [2.05, 4.69) is 10.6 Å². The summed E-state index contributed by atoms with van der Waals surface area (Å²) in [4.78, 5) is 12.4. The monoisotopic (exact) mass is 348 g/mol. The van der Waals surface area contributed by atoms with E-state index in [9.17, 15) is 4.79 Å². The van der Waals surface area contributed by atoms with Gasteiger partial charge >= 0.3 is 0 Å². The fourth-order valence-corrected chi connectivity index (χ4v) is 2.21. The molecule has 0 atom stereocenters. The Bertz CT molecular complexity index is 702. The van der Waals surface area contributed by atoms with Gasteiger partial charge in [0.25, 0.3) is 5.91 Å². The molecule has 0 saturated heterocycles. The van der Waals surface area contributed by atoms with Crippen molar-refractivity contribution in [1.82, 2.24) is 5.32 Å². The molecule has 0 unspecified atom stereocenters. The van der Waals surface area contributed by atoms with Crippen molar-refractivity contribution in [3.8, 4) is 5.75 Å². The standard InChI is InChI=1S/C17H17ClN2O2S/c1-11(2)22-15-6-4-3-5-14(15)16(21)20-17(23)19-13-9-7-12(18)8-10-13/h3-11H,1-2H3,(H2,19,20,21,23). The molecule has 1 amide bonds. The molecule has 0 radical (unpaired) electrons. The van der Waals surface area contributed by atoms with Gasteiger partial charge in [0, 0.05) is 10.7 Å². The smallest absolute Gasteiger partial charge is 0.261 e. The molecule has 0 saturated carbocycles. The van der Waals surface area contributed by atoms with Gasteiger partial charge in [-0.25, -0.2) is 0 Å². The van der Waals surface area contributed by atoms with Gasteiger partial charge in [0.2, 0.25) is 0 Å². The summed E-state index contributed by atoms with van der Waals surface area (Å²) in [5.74, 6) is 0.196. The first-order valence-corrected chi connectivity index (χ1v) is 7.88. The zero-order valence-electron chi connectivity index (χ0n) is 12.8. The summed E-state index contributed by atoms with van der Waals surface area (Å²) in [6.45, 7) is 3.81. The van der Waals surface area contributed by atoms with Crippen molar-refractivity contribution >= 4 is 40.5 Å². The van der Waals surface area contributed by atoms with Gasteiger partial charge in [-0.15, -0.1) is 0 Å². The van der Waals surface area contributed by atoms with Gasteiger partial charge in [0.05, 0.1) is 11.7 Å². The number of benzene rings is 2. The van der Waals surface area contributed by atoms with Crippen molar-refractivity contribution in [3.05, 3.63) is 59.1 Å². The molecule has 0 aromatic heterocycles. The lowest BCUT2D eigenvalue weighted by Gasteiger charge is -2.14. The molecule has 2 aromatic rings. The van der Waals surface area contributed by atoms with Crippen molar-refractivity contribution in [2.24, 2.45) is 0 Å². The van der Waals surface area contributed by atoms with E-state index in [4.69, 9.17) is 28.6 Å². The average Bonchev–Trinajstić information content (AvgIpc) is 2.49. The molecule has 6 heteroatoms. The highest BCUT2D eigenvalue weighted by Gasteiger charge is 2.14. The molecule has 0 aliphatic carbocycles. The Balaban J connectivity index is 2.04. The van der Waals surface area contributed by atoms with Crippen LogP contribution in [0.25, 0.3) is 0 Å². The third kappa shape index (κ3) is 5.23. The molecule has 2 aromatic carbocycles. The molecule has 0 aliphatic heterocycles. The Morgan fingerprint density at radius 2 is 1.78 bits per heavy atom. The molecule has 0 spiro atoms. The number of hydrogen-bond donors (Lipinski definition) is 2. The van der Waals surface area contributed by atoms with Crippen molar-refractivity contribution in [2.75, 3.05) is 5.32 Å². The number of ether oxygens (including phenoxy) is 1. The summed E-state index contributed by atoms with van der Waals surface area (Å²) >= 11 is 11.0. The van der Waals surface area contributed by atoms with E-state index in [-0.39, 0.29) is 17.1 Å². The minimum atomic E-state index is -0.326. The highest BCUT2D eigenvalue weighted by atomic mass is 35.5. The van der Waals surface area contributed by atoms with Crippen molar-refractivity contribution < 1.29 is 9.53 Å². The zero-order valence-corrected chi connectivity index (χ0v) is 14.4. The molecule has 2 rings (SSSR count). The van der Waals surface area contributed by atoms with Gasteiger partial charge < -0.3 is 10.1 Å². The van der Waals surface area contributed by atoms with Crippen LogP contribution in [0.15, 0.2) is 48.5 Å². The summed E-state index contributed by atoms with van der Waals surface area (Å²) in [6, 6.07) is 14.1. The highest BCUT2D eigenvalue weighted by Crippen LogP contribution is 2.19. The Kier molecular flexibility index (Phi) is 5.96. The van der Waals surface area contributed by atoms with Gasteiger partial charge in [0.1, 0.15) is 5.75 Å². The maximum atomic E-state index is 12.4. The second-order valence-electron chi connectivity index (χ2n) is 5.08. The first-order valence-electron chi connectivity index (χ1n) is 7.09. The lowest BCUT2D eigenvalue weighted by atomic mass is 10.2. The maximum absolute atomic E-state index is 12.4. The number of halogens is 1. The number of para-hydroxylation sites is 1. The highest BCUT2D eigenvalue weighted by molar-refractivity contribution is 7.80. The Hall–Kier alpha value is -2.11. The van der Waals surface area contributed by atoms with Gasteiger partial charge in [0.15, 0.2) is 5.11 Å². The SMILES string of the molecule is CC(C)Oc1ccccc1C(=O)NC(=S)Nc1ccc(Cl)cc1. The molecule has 0 fully saturated rings. The van der Waals surface area contributed by atoms with Crippen LogP contribution in [-0.2, 0) is 0 Å². The quantitative estimate of drug-likeness (QED) is 0.811. The second kappa shape index (κ2) is 7.94. The predicted molar refractivity (Wildman–Crippen MR) is 97.3 cm³/mol. The normalized spacial score (nSPS) is 10.3. The summed E-state index contributed by atoms with van der Waals surface area (Å²) < 4.78 is 5.64. The maximum Gasteiger partial charge on any atom is 0.261 e. The average molecular weight is 349 g/mol. The van der Waals surface area contributed by atoms with E-state index < -0.39 is 0 Å². The fraction of sp³-hybridized carbons (Fsp3) is 0.176. The van der Waals surface area contributed by atoms with Crippen molar-refractivity contribution in [3.63, 3.8) is 0 Å². The van der Waals surface area contributed by atoms with Crippen LogP contribution in [0.5, 0.6) is 5.75 Å². The third-order valence-electron chi connectivity index (χ3n) is 2.82. The van der Waals surface area contributed by atoms with E-state index in [1.165, 1.54) is 0 Å². The molecule has 0 heterocycles. The second-order valence-corrected chi connectivity index (χ2v) is 5.92. The first-order chi connectivity index (χ1) is 11.0. The number of carbonyl (C=O) groups is 1. The minimum Gasteiger partial charge on any atom is -0.490 e. The lowest BCUT2D eigenvalue weighted by molar-refractivity contribution is 0.0972. The van der Waals surface area contributed by atoms with E-state index in [1.807, 2.05) is 19.9 Å². The Morgan fingerprint density at radius 1 is 1.13 bits per heavy atom. The molecule has 4 nitrogen and oxygen atoms in total. The molecule has 0 aliphatic rings. The van der Waals surface area contributed by atoms with Crippen LogP contribution in [0.3, 0.4) is 0 Å². The third-order valence-corrected chi connectivity index (χ3v) is 3.28. The van der Waals surface area contributed by atoms with Gasteiger partial charge in [-0.1, -0.05) is 23.7 Å². The number of thiocarbonyl (C=S) groups is 1. The van der Waals surface area contributed by atoms with Gasteiger partial charge in [-0.05, 0) is 62.5 Å². The van der Waals surface area contributed by atoms with Gasteiger partial charge in [-0.2, -0.15) is 0 Å². The first kappa shape index (κ1) is 17.2. The number of rotatable bonds is 4. The zero-order chi connectivity index (χ0) is 16.8. The van der Waals surface area contributed by atoms with Crippen LogP contribution in [-0.4, -0.2) is 17.1 Å². The van der Waals surface area contributed by atoms with E-state index in [1.54, 1.807) is 42.5 Å². The number of nitrogens with one attached hydrogen (secondary N) is 2. The van der Waals surface area contributed by atoms with Crippen molar-refractivity contribution in [1.29, 1.82) is 0 Å². The summed E-state index contributed by atoms with van der Waals surface area (Å²) in [5, 5.41) is 6.41.